The molecule has 0 atom stereocenters. The lowest BCUT2D eigenvalue weighted by Crippen LogP contribution is -2.14. The maximum absolute atomic E-state index is 12.7. The van der Waals surface area contributed by atoms with E-state index in [0.29, 0.717) is 4.90 Å². The van der Waals surface area contributed by atoms with Gasteiger partial charge in [0.25, 0.3) is 10.0 Å². The number of allylic oxidation sites excluding steroid dienone is 2. The summed E-state index contributed by atoms with van der Waals surface area (Å²) in [5, 5.41) is 0. The number of aryl methyl sites for hydroxylation is 1. The van der Waals surface area contributed by atoms with Gasteiger partial charge in [-0.3, -0.25) is 0 Å². The minimum Gasteiger partial charge on any atom is -0.242 e. The fourth-order valence-corrected chi connectivity index (χ4v) is 3.93. The third kappa shape index (κ3) is 2.20. The van der Waals surface area contributed by atoms with Crippen LogP contribution in [0.1, 0.15) is 30.5 Å². The summed E-state index contributed by atoms with van der Waals surface area (Å²) < 4.78 is 26.8. The molecule has 0 radical (unpaired) electrons. The van der Waals surface area contributed by atoms with Gasteiger partial charge in [-0.1, -0.05) is 23.8 Å². The molecule has 20 heavy (non-hydrogen) atoms. The third-order valence-electron chi connectivity index (χ3n) is 3.66. The second-order valence-corrected chi connectivity index (χ2v) is 6.94. The van der Waals surface area contributed by atoms with Crippen molar-refractivity contribution in [2.45, 2.75) is 31.1 Å². The van der Waals surface area contributed by atoms with Gasteiger partial charge in [0.1, 0.15) is 0 Å². The van der Waals surface area contributed by atoms with Crippen molar-refractivity contribution in [2.75, 3.05) is 0 Å². The predicted octanol–water partition coefficient (Wildman–Crippen LogP) is 3.60. The molecule has 2 aromatic rings. The normalized spacial score (nSPS) is 15.3. The van der Waals surface area contributed by atoms with Crippen LogP contribution in [-0.2, 0) is 10.0 Å². The van der Waals surface area contributed by atoms with Crippen molar-refractivity contribution < 1.29 is 8.42 Å². The van der Waals surface area contributed by atoms with Crippen LogP contribution in [0.2, 0.25) is 0 Å². The molecule has 0 saturated heterocycles. The van der Waals surface area contributed by atoms with Crippen LogP contribution >= 0.6 is 0 Å². The molecule has 0 aliphatic heterocycles. The van der Waals surface area contributed by atoms with Crippen LogP contribution in [0.15, 0.2) is 53.6 Å². The minimum atomic E-state index is -3.50. The van der Waals surface area contributed by atoms with Gasteiger partial charge in [0.05, 0.1) is 10.6 Å². The van der Waals surface area contributed by atoms with E-state index in [-0.39, 0.29) is 0 Å². The second kappa shape index (κ2) is 4.94. The van der Waals surface area contributed by atoms with E-state index >= 15 is 0 Å². The highest BCUT2D eigenvalue weighted by molar-refractivity contribution is 7.90. The first-order chi connectivity index (χ1) is 9.59. The zero-order valence-corrected chi connectivity index (χ0v) is 12.2. The molecule has 1 aliphatic rings. The summed E-state index contributed by atoms with van der Waals surface area (Å²) in [4.78, 5) is 0.333. The fourth-order valence-electron chi connectivity index (χ4n) is 2.55. The van der Waals surface area contributed by atoms with E-state index in [1.807, 2.05) is 25.1 Å². The first kappa shape index (κ1) is 13.2. The van der Waals surface area contributed by atoms with E-state index in [1.165, 1.54) is 3.97 Å². The smallest absolute Gasteiger partial charge is 0.242 e. The maximum atomic E-state index is 12.7. The molecule has 0 N–H and O–H groups in total. The van der Waals surface area contributed by atoms with Crippen molar-refractivity contribution in [3.8, 4) is 0 Å². The molecular weight excluding hydrogens is 270 g/mol. The van der Waals surface area contributed by atoms with Gasteiger partial charge >= 0.3 is 0 Å². The Morgan fingerprint density at radius 2 is 1.85 bits per heavy atom. The monoisotopic (exact) mass is 287 g/mol. The van der Waals surface area contributed by atoms with Crippen molar-refractivity contribution in [1.82, 2.24) is 3.97 Å². The molecule has 0 amide bonds. The van der Waals surface area contributed by atoms with Crippen molar-refractivity contribution in [3.05, 3.63) is 59.9 Å². The van der Waals surface area contributed by atoms with Crippen molar-refractivity contribution >= 4 is 15.6 Å². The number of nitrogens with zero attached hydrogens (tertiary/aromatic N) is 1. The second-order valence-electron chi connectivity index (χ2n) is 5.13. The standard InChI is InChI=1S/C16H17NO2S/c1-13-8-10-15(11-9-13)20(18,19)17-12-4-7-16(17)14-5-2-3-6-14/h4-5,7-12H,2-3,6H2,1H3. The van der Waals surface area contributed by atoms with Gasteiger partial charge in [-0.15, -0.1) is 0 Å². The van der Waals surface area contributed by atoms with Gasteiger partial charge in [-0.25, -0.2) is 12.4 Å². The van der Waals surface area contributed by atoms with Crippen LogP contribution in [0, 0.1) is 6.92 Å². The number of aromatic nitrogens is 1. The van der Waals surface area contributed by atoms with E-state index in [1.54, 1.807) is 24.4 Å². The number of hydrogen-bond acceptors (Lipinski definition) is 2. The third-order valence-corrected chi connectivity index (χ3v) is 5.36. The first-order valence-corrected chi connectivity index (χ1v) is 8.22. The Labute approximate surface area is 119 Å². The number of rotatable bonds is 3. The Balaban J connectivity index is 2.08. The number of hydrogen-bond donors (Lipinski definition) is 0. The van der Waals surface area contributed by atoms with E-state index in [9.17, 15) is 8.42 Å². The van der Waals surface area contributed by atoms with Crippen molar-refractivity contribution in [3.63, 3.8) is 0 Å². The Hall–Kier alpha value is -1.81. The van der Waals surface area contributed by atoms with Crippen LogP contribution < -0.4 is 0 Å². The van der Waals surface area contributed by atoms with Gasteiger partial charge in [-0.2, -0.15) is 0 Å². The molecule has 0 unspecified atom stereocenters. The summed E-state index contributed by atoms with van der Waals surface area (Å²) >= 11 is 0. The molecule has 3 rings (SSSR count). The SMILES string of the molecule is Cc1ccc(S(=O)(=O)n2cccc2C2=CCCC2)cc1. The van der Waals surface area contributed by atoms with E-state index in [2.05, 4.69) is 6.08 Å². The van der Waals surface area contributed by atoms with Gasteiger partial charge in [0.2, 0.25) is 0 Å². The summed E-state index contributed by atoms with van der Waals surface area (Å²) in [5.74, 6) is 0. The molecule has 1 aromatic heterocycles. The fraction of sp³-hybridized carbons (Fsp3) is 0.250. The molecule has 0 bridgehead atoms. The molecule has 4 heteroatoms. The molecule has 0 fully saturated rings. The molecular formula is C16H17NO2S. The average molecular weight is 287 g/mol. The van der Waals surface area contributed by atoms with E-state index in [0.717, 1.165) is 36.1 Å². The summed E-state index contributed by atoms with van der Waals surface area (Å²) in [5.41, 5.74) is 2.98. The highest BCUT2D eigenvalue weighted by atomic mass is 32.2. The number of benzene rings is 1. The summed E-state index contributed by atoms with van der Waals surface area (Å²) in [6.45, 7) is 1.95. The lowest BCUT2D eigenvalue weighted by atomic mass is 10.2. The zero-order valence-electron chi connectivity index (χ0n) is 11.4. The molecule has 0 saturated carbocycles. The summed E-state index contributed by atoms with van der Waals surface area (Å²) in [7, 11) is -3.50. The highest BCUT2D eigenvalue weighted by Crippen LogP contribution is 2.30. The lowest BCUT2D eigenvalue weighted by molar-refractivity contribution is 0.587. The van der Waals surface area contributed by atoms with E-state index in [4.69, 9.17) is 0 Å². The average Bonchev–Trinajstić information content (AvgIpc) is 3.10. The molecule has 1 aromatic carbocycles. The molecule has 1 heterocycles. The quantitative estimate of drug-likeness (QED) is 0.865. The topological polar surface area (TPSA) is 39.1 Å². The van der Waals surface area contributed by atoms with Gasteiger partial charge in [0, 0.05) is 6.20 Å². The Morgan fingerprint density at radius 1 is 1.10 bits per heavy atom. The summed E-state index contributed by atoms with van der Waals surface area (Å²) in [6, 6.07) is 10.6. The van der Waals surface area contributed by atoms with Crippen LogP contribution in [0.25, 0.3) is 5.57 Å². The first-order valence-electron chi connectivity index (χ1n) is 6.78. The molecule has 0 spiro atoms. The minimum absolute atomic E-state index is 0.333. The van der Waals surface area contributed by atoms with Crippen LogP contribution in [0.4, 0.5) is 0 Å². The zero-order chi connectivity index (χ0) is 14.2. The van der Waals surface area contributed by atoms with Crippen LogP contribution in [-0.4, -0.2) is 12.4 Å². The van der Waals surface area contributed by atoms with Gasteiger partial charge in [0.15, 0.2) is 0 Å². The van der Waals surface area contributed by atoms with Crippen LogP contribution in [0.5, 0.6) is 0 Å². The Morgan fingerprint density at radius 3 is 2.50 bits per heavy atom. The summed E-state index contributed by atoms with van der Waals surface area (Å²) in [6.07, 6.45) is 6.85. The molecule has 104 valence electrons. The largest absolute Gasteiger partial charge is 0.268 e. The van der Waals surface area contributed by atoms with Crippen LogP contribution in [0.3, 0.4) is 0 Å². The van der Waals surface area contributed by atoms with Gasteiger partial charge < -0.3 is 0 Å². The van der Waals surface area contributed by atoms with Gasteiger partial charge in [-0.05, 0) is 56.0 Å². The lowest BCUT2D eigenvalue weighted by Gasteiger charge is -2.11. The highest BCUT2D eigenvalue weighted by Gasteiger charge is 2.21. The maximum Gasteiger partial charge on any atom is 0.268 e. The van der Waals surface area contributed by atoms with Crippen molar-refractivity contribution in [1.29, 1.82) is 0 Å². The van der Waals surface area contributed by atoms with Crippen molar-refractivity contribution in [2.24, 2.45) is 0 Å². The Kier molecular flexibility index (Phi) is 3.26. The van der Waals surface area contributed by atoms with E-state index < -0.39 is 10.0 Å². The predicted molar refractivity (Wildman–Crippen MR) is 80.0 cm³/mol. The molecule has 3 nitrogen and oxygen atoms in total. The molecule has 1 aliphatic carbocycles. The Bertz CT molecular complexity index is 752.